The molecule has 7 heteroatoms. The van der Waals surface area contributed by atoms with Gasteiger partial charge in [-0.3, -0.25) is 4.90 Å². The summed E-state index contributed by atoms with van der Waals surface area (Å²) >= 11 is 0. The molecule has 1 aromatic heterocycles. The minimum absolute atomic E-state index is 0.409. The number of halogens is 3. The Morgan fingerprint density at radius 2 is 1.86 bits per heavy atom. The summed E-state index contributed by atoms with van der Waals surface area (Å²) in [4.78, 5) is 8.30. The van der Waals surface area contributed by atoms with E-state index in [2.05, 4.69) is 9.88 Å². The molecule has 2 heterocycles. The van der Waals surface area contributed by atoms with Crippen molar-refractivity contribution in [3.05, 3.63) is 23.9 Å². The van der Waals surface area contributed by atoms with Crippen LogP contribution in [0.4, 0.5) is 19.0 Å². The van der Waals surface area contributed by atoms with E-state index in [1.807, 2.05) is 4.90 Å². The number of hydrogen-bond donors (Lipinski definition) is 1. The lowest BCUT2D eigenvalue weighted by Gasteiger charge is -2.35. The van der Waals surface area contributed by atoms with Crippen molar-refractivity contribution in [1.29, 1.82) is 0 Å². The summed E-state index contributed by atoms with van der Waals surface area (Å²) in [6.07, 6.45) is -1.01. The van der Waals surface area contributed by atoms with Gasteiger partial charge < -0.3 is 10.6 Å². The van der Waals surface area contributed by atoms with E-state index in [0.29, 0.717) is 25.5 Å². The Bertz CT molecular complexity index is 442. The Labute approximate surface area is 122 Å². The molecule has 0 amide bonds. The summed E-state index contributed by atoms with van der Waals surface area (Å²) < 4.78 is 38.1. The van der Waals surface area contributed by atoms with Gasteiger partial charge in [-0.25, -0.2) is 4.98 Å². The maximum Gasteiger partial charge on any atom is 0.416 e. The van der Waals surface area contributed by atoms with Crippen molar-refractivity contribution in [3.8, 4) is 0 Å². The molecule has 0 aliphatic carbocycles. The third-order valence-electron chi connectivity index (χ3n) is 3.70. The van der Waals surface area contributed by atoms with Crippen molar-refractivity contribution in [2.45, 2.75) is 19.0 Å². The molecule has 2 rings (SSSR count). The van der Waals surface area contributed by atoms with Gasteiger partial charge >= 0.3 is 6.18 Å². The Morgan fingerprint density at radius 1 is 1.14 bits per heavy atom. The monoisotopic (exact) mass is 302 g/mol. The highest BCUT2D eigenvalue weighted by Crippen LogP contribution is 2.30. The van der Waals surface area contributed by atoms with E-state index in [1.165, 1.54) is 6.20 Å². The molecular formula is C14H21F3N4. The van der Waals surface area contributed by atoms with Crippen molar-refractivity contribution in [3.63, 3.8) is 0 Å². The number of hydrogen-bond acceptors (Lipinski definition) is 4. The molecule has 0 saturated carbocycles. The molecule has 0 radical (unpaired) electrons. The van der Waals surface area contributed by atoms with Gasteiger partial charge in [-0.1, -0.05) is 0 Å². The number of rotatable bonds is 5. The Kier molecular flexibility index (Phi) is 5.41. The number of anilines is 1. The van der Waals surface area contributed by atoms with E-state index >= 15 is 0 Å². The van der Waals surface area contributed by atoms with Crippen LogP contribution in [-0.4, -0.2) is 49.2 Å². The molecule has 118 valence electrons. The zero-order valence-electron chi connectivity index (χ0n) is 11.9. The normalized spacial score (nSPS) is 17.2. The van der Waals surface area contributed by atoms with Crippen molar-refractivity contribution in [2.75, 3.05) is 44.2 Å². The summed E-state index contributed by atoms with van der Waals surface area (Å²) in [5.74, 6) is 0.409. The van der Waals surface area contributed by atoms with Crippen molar-refractivity contribution in [1.82, 2.24) is 9.88 Å². The fourth-order valence-corrected chi connectivity index (χ4v) is 2.45. The van der Waals surface area contributed by atoms with Crippen LogP contribution in [0.1, 0.15) is 18.4 Å². The van der Waals surface area contributed by atoms with Gasteiger partial charge in [0.25, 0.3) is 0 Å². The summed E-state index contributed by atoms with van der Waals surface area (Å²) in [6.45, 7) is 4.81. The van der Waals surface area contributed by atoms with E-state index in [1.54, 1.807) is 0 Å². The first-order chi connectivity index (χ1) is 10.0. The molecule has 1 aliphatic rings. The van der Waals surface area contributed by atoms with Crippen LogP contribution >= 0.6 is 0 Å². The van der Waals surface area contributed by atoms with Gasteiger partial charge in [0.2, 0.25) is 0 Å². The van der Waals surface area contributed by atoms with Crippen LogP contribution in [0.25, 0.3) is 0 Å². The van der Waals surface area contributed by atoms with E-state index < -0.39 is 11.7 Å². The van der Waals surface area contributed by atoms with Gasteiger partial charge in [-0.15, -0.1) is 0 Å². The summed E-state index contributed by atoms with van der Waals surface area (Å²) in [5.41, 5.74) is 4.82. The molecule has 0 atom stereocenters. The first-order valence-corrected chi connectivity index (χ1v) is 7.21. The van der Waals surface area contributed by atoms with Gasteiger partial charge in [0.15, 0.2) is 0 Å². The Morgan fingerprint density at radius 3 is 2.48 bits per heavy atom. The molecular weight excluding hydrogens is 281 g/mol. The highest BCUT2D eigenvalue weighted by Gasteiger charge is 2.31. The highest BCUT2D eigenvalue weighted by molar-refractivity contribution is 5.42. The molecule has 0 bridgehead atoms. The quantitative estimate of drug-likeness (QED) is 0.845. The predicted octanol–water partition coefficient (Wildman–Crippen LogP) is 1.96. The molecule has 0 unspecified atom stereocenters. The SMILES string of the molecule is NCCCCN1CCN(c2cc(C(F)(F)F)ccn2)CC1. The number of unbranched alkanes of at least 4 members (excludes halogenated alkanes) is 1. The van der Waals surface area contributed by atoms with Crippen LogP contribution in [0, 0.1) is 0 Å². The van der Waals surface area contributed by atoms with Gasteiger partial charge in [0.05, 0.1) is 5.56 Å². The van der Waals surface area contributed by atoms with Crippen LogP contribution in [0.2, 0.25) is 0 Å². The standard InChI is InChI=1S/C14H21F3N4/c15-14(16,17)12-3-5-19-13(11-12)21-9-7-20(8-10-21)6-2-1-4-18/h3,5,11H,1-2,4,6-10,18H2. The zero-order valence-corrected chi connectivity index (χ0v) is 11.9. The van der Waals surface area contributed by atoms with E-state index in [-0.39, 0.29) is 0 Å². The number of piperazine rings is 1. The Hall–Kier alpha value is -1.34. The predicted molar refractivity (Wildman–Crippen MR) is 76.2 cm³/mol. The summed E-state index contributed by atoms with van der Waals surface area (Å²) in [6, 6.07) is 2.14. The maximum atomic E-state index is 12.7. The topological polar surface area (TPSA) is 45.4 Å². The minimum Gasteiger partial charge on any atom is -0.354 e. The lowest BCUT2D eigenvalue weighted by atomic mass is 10.2. The third kappa shape index (κ3) is 4.57. The average molecular weight is 302 g/mol. The first kappa shape index (κ1) is 16.0. The molecule has 4 nitrogen and oxygen atoms in total. The molecule has 1 saturated heterocycles. The minimum atomic E-state index is -4.32. The van der Waals surface area contributed by atoms with E-state index in [4.69, 9.17) is 5.73 Å². The van der Waals surface area contributed by atoms with Gasteiger partial charge in [-0.2, -0.15) is 13.2 Å². The summed E-state index contributed by atoms with van der Waals surface area (Å²) in [5, 5.41) is 0. The van der Waals surface area contributed by atoms with Crippen molar-refractivity contribution in [2.24, 2.45) is 5.73 Å². The molecule has 2 N–H and O–H groups in total. The largest absolute Gasteiger partial charge is 0.416 e. The molecule has 0 spiro atoms. The number of alkyl halides is 3. The third-order valence-corrected chi connectivity index (χ3v) is 3.70. The lowest BCUT2D eigenvalue weighted by molar-refractivity contribution is -0.137. The lowest BCUT2D eigenvalue weighted by Crippen LogP contribution is -2.47. The van der Waals surface area contributed by atoms with Crippen LogP contribution in [-0.2, 0) is 6.18 Å². The fraction of sp³-hybridized carbons (Fsp3) is 0.643. The van der Waals surface area contributed by atoms with Crippen LogP contribution in [0.5, 0.6) is 0 Å². The second-order valence-corrected chi connectivity index (χ2v) is 5.22. The zero-order chi connectivity index (χ0) is 15.3. The van der Waals surface area contributed by atoms with Crippen molar-refractivity contribution >= 4 is 5.82 Å². The van der Waals surface area contributed by atoms with Crippen LogP contribution in [0.3, 0.4) is 0 Å². The number of pyridine rings is 1. The Balaban J connectivity index is 1.90. The van der Waals surface area contributed by atoms with Gasteiger partial charge in [0, 0.05) is 32.4 Å². The fourth-order valence-electron chi connectivity index (χ4n) is 2.45. The van der Waals surface area contributed by atoms with Crippen molar-refractivity contribution < 1.29 is 13.2 Å². The second-order valence-electron chi connectivity index (χ2n) is 5.22. The smallest absolute Gasteiger partial charge is 0.354 e. The molecule has 21 heavy (non-hydrogen) atoms. The highest BCUT2D eigenvalue weighted by atomic mass is 19.4. The number of nitrogens with zero attached hydrogens (tertiary/aromatic N) is 3. The van der Waals surface area contributed by atoms with Crippen LogP contribution in [0.15, 0.2) is 18.3 Å². The number of nitrogens with two attached hydrogens (primary N) is 1. The molecule has 1 fully saturated rings. The van der Waals surface area contributed by atoms with Gasteiger partial charge in [-0.05, 0) is 38.1 Å². The molecule has 1 aromatic rings. The first-order valence-electron chi connectivity index (χ1n) is 7.21. The number of aromatic nitrogens is 1. The van der Waals surface area contributed by atoms with Crippen LogP contribution < -0.4 is 10.6 Å². The second kappa shape index (κ2) is 7.09. The molecule has 0 aromatic carbocycles. The van der Waals surface area contributed by atoms with Gasteiger partial charge in [0.1, 0.15) is 5.82 Å². The molecule has 1 aliphatic heterocycles. The maximum absolute atomic E-state index is 12.7. The summed E-state index contributed by atoms with van der Waals surface area (Å²) in [7, 11) is 0. The average Bonchev–Trinajstić information content (AvgIpc) is 2.47. The van der Waals surface area contributed by atoms with E-state index in [0.717, 1.165) is 44.6 Å². The van der Waals surface area contributed by atoms with E-state index in [9.17, 15) is 13.2 Å².